The molecule has 0 heterocycles. The van der Waals surface area contributed by atoms with Gasteiger partial charge in [0.2, 0.25) is 9.84 Å². The van der Waals surface area contributed by atoms with Gasteiger partial charge in [0.1, 0.15) is 0 Å². The second kappa shape index (κ2) is 5.65. The van der Waals surface area contributed by atoms with Crippen LogP contribution in [0.5, 0.6) is 0 Å². The fourth-order valence-electron chi connectivity index (χ4n) is 3.08. The highest BCUT2D eigenvalue weighted by Gasteiger charge is 2.48. The van der Waals surface area contributed by atoms with Crippen molar-refractivity contribution in [3.8, 4) is 0 Å². The first-order valence-electron chi connectivity index (χ1n) is 7.06. The lowest BCUT2D eigenvalue weighted by Crippen LogP contribution is -2.55. The molecule has 1 N–H and O–H groups in total. The van der Waals surface area contributed by atoms with Crippen LogP contribution in [0.3, 0.4) is 0 Å². The van der Waals surface area contributed by atoms with E-state index in [1.807, 2.05) is 0 Å². The van der Waals surface area contributed by atoms with E-state index in [4.69, 9.17) is 0 Å². The summed E-state index contributed by atoms with van der Waals surface area (Å²) in [5.74, 6) is -3.06. The third-order valence-electron chi connectivity index (χ3n) is 4.56. The second-order valence-corrected chi connectivity index (χ2v) is 8.01. The van der Waals surface area contributed by atoms with Crippen molar-refractivity contribution in [1.29, 1.82) is 0 Å². The largest absolute Gasteiger partial charge is 0.341 e. The lowest BCUT2D eigenvalue weighted by Gasteiger charge is -2.53. The SMILES string of the molecule is CCNC1CC(c2ccc(S(=O)(=O)C(F)F)cc2)C1(C)C. The van der Waals surface area contributed by atoms with Gasteiger partial charge in [-0.15, -0.1) is 0 Å². The number of sulfone groups is 1. The third-order valence-corrected chi connectivity index (χ3v) is 5.96. The zero-order chi connectivity index (χ0) is 15.8. The van der Waals surface area contributed by atoms with Gasteiger partial charge in [0.15, 0.2) is 0 Å². The van der Waals surface area contributed by atoms with Crippen LogP contribution in [0, 0.1) is 5.41 Å². The number of hydrogen-bond donors (Lipinski definition) is 1. The normalized spacial score (nSPS) is 24.9. The highest BCUT2D eigenvalue weighted by molar-refractivity contribution is 7.91. The third kappa shape index (κ3) is 2.83. The summed E-state index contributed by atoms with van der Waals surface area (Å²) in [5.41, 5.74) is 1.07. The molecule has 0 spiro atoms. The Kier molecular flexibility index (Phi) is 4.40. The molecule has 1 aliphatic carbocycles. The molecule has 0 radical (unpaired) electrons. The van der Waals surface area contributed by atoms with Crippen molar-refractivity contribution in [2.75, 3.05) is 6.54 Å². The molecule has 6 heteroatoms. The number of benzene rings is 1. The van der Waals surface area contributed by atoms with Crippen molar-refractivity contribution in [2.24, 2.45) is 5.41 Å². The van der Waals surface area contributed by atoms with Gasteiger partial charge in [0, 0.05) is 6.04 Å². The Balaban J connectivity index is 2.18. The van der Waals surface area contributed by atoms with Gasteiger partial charge in [0.25, 0.3) is 0 Å². The molecule has 21 heavy (non-hydrogen) atoms. The molecule has 1 aliphatic rings. The standard InChI is InChI=1S/C15H21F2NO2S/c1-4-18-13-9-12(15(13,2)3)10-5-7-11(8-6-10)21(19,20)14(16)17/h5-8,12-14,18H,4,9H2,1-3H3. The molecule has 1 fully saturated rings. The summed E-state index contributed by atoms with van der Waals surface area (Å²) in [5, 5.41) is 3.43. The predicted molar refractivity (Wildman–Crippen MR) is 78.2 cm³/mol. The molecule has 0 bridgehead atoms. The van der Waals surface area contributed by atoms with Gasteiger partial charge in [-0.2, -0.15) is 8.78 Å². The Morgan fingerprint density at radius 2 is 1.86 bits per heavy atom. The minimum atomic E-state index is -4.50. The van der Waals surface area contributed by atoms with Crippen LogP contribution in [0.15, 0.2) is 29.2 Å². The van der Waals surface area contributed by atoms with E-state index in [-0.39, 0.29) is 10.3 Å². The molecule has 0 amide bonds. The molecule has 3 nitrogen and oxygen atoms in total. The van der Waals surface area contributed by atoms with Crippen molar-refractivity contribution in [2.45, 2.75) is 49.8 Å². The van der Waals surface area contributed by atoms with E-state index < -0.39 is 15.6 Å². The fraction of sp³-hybridized carbons (Fsp3) is 0.600. The molecular formula is C15H21F2NO2S. The van der Waals surface area contributed by atoms with Crippen LogP contribution in [-0.2, 0) is 9.84 Å². The van der Waals surface area contributed by atoms with Crippen molar-refractivity contribution >= 4 is 9.84 Å². The maximum absolute atomic E-state index is 12.5. The fourth-order valence-corrected chi connectivity index (χ4v) is 3.80. The van der Waals surface area contributed by atoms with Gasteiger partial charge in [-0.1, -0.05) is 32.9 Å². The number of rotatable bonds is 5. The van der Waals surface area contributed by atoms with E-state index in [0.29, 0.717) is 12.0 Å². The first-order valence-corrected chi connectivity index (χ1v) is 8.61. The molecule has 2 rings (SSSR count). The highest BCUT2D eigenvalue weighted by Crippen LogP contribution is 2.52. The molecule has 1 aromatic rings. The van der Waals surface area contributed by atoms with Crippen LogP contribution >= 0.6 is 0 Å². The molecular weight excluding hydrogens is 296 g/mol. The average Bonchev–Trinajstić information content (AvgIpc) is 2.43. The molecule has 2 atom stereocenters. The van der Waals surface area contributed by atoms with Crippen molar-refractivity contribution in [3.05, 3.63) is 29.8 Å². The van der Waals surface area contributed by atoms with Crippen molar-refractivity contribution in [1.82, 2.24) is 5.32 Å². The summed E-state index contributed by atoms with van der Waals surface area (Å²) in [6.07, 6.45) is 0.974. The summed E-state index contributed by atoms with van der Waals surface area (Å²) in [7, 11) is -4.50. The van der Waals surface area contributed by atoms with Gasteiger partial charge in [0.05, 0.1) is 4.90 Å². The van der Waals surface area contributed by atoms with Crippen LogP contribution in [0.25, 0.3) is 0 Å². The maximum atomic E-state index is 12.5. The van der Waals surface area contributed by atoms with E-state index in [1.54, 1.807) is 12.1 Å². The van der Waals surface area contributed by atoms with E-state index >= 15 is 0 Å². The van der Waals surface area contributed by atoms with E-state index in [1.165, 1.54) is 12.1 Å². The number of hydrogen-bond acceptors (Lipinski definition) is 3. The minimum Gasteiger partial charge on any atom is -0.314 e. The molecule has 1 aromatic carbocycles. The van der Waals surface area contributed by atoms with Gasteiger partial charge >= 0.3 is 5.76 Å². The lowest BCUT2D eigenvalue weighted by atomic mass is 9.56. The molecule has 2 unspecified atom stereocenters. The zero-order valence-corrected chi connectivity index (χ0v) is 13.3. The summed E-state index contributed by atoms with van der Waals surface area (Å²) >= 11 is 0. The van der Waals surface area contributed by atoms with Gasteiger partial charge < -0.3 is 5.32 Å². The zero-order valence-electron chi connectivity index (χ0n) is 12.4. The van der Waals surface area contributed by atoms with Gasteiger partial charge in [-0.05, 0) is 42.0 Å². The molecule has 0 aliphatic heterocycles. The maximum Gasteiger partial charge on any atom is 0.341 e. The van der Waals surface area contributed by atoms with Crippen molar-refractivity contribution < 1.29 is 17.2 Å². The number of alkyl halides is 2. The summed E-state index contributed by atoms with van der Waals surface area (Å²) in [6, 6.07) is 6.31. The Labute approximate surface area is 124 Å². The van der Waals surface area contributed by atoms with Crippen LogP contribution in [0.1, 0.15) is 38.7 Å². The Morgan fingerprint density at radius 3 is 2.29 bits per heavy atom. The van der Waals surface area contributed by atoms with E-state index in [9.17, 15) is 17.2 Å². The summed E-state index contributed by atoms with van der Waals surface area (Å²) < 4.78 is 47.8. The summed E-state index contributed by atoms with van der Waals surface area (Å²) in [6.45, 7) is 7.30. The molecule has 1 saturated carbocycles. The minimum absolute atomic E-state index is 0.0686. The predicted octanol–water partition coefficient (Wildman–Crippen LogP) is 3.17. The smallest absolute Gasteiger partial charge is 0.314 e. The van der Waals surface area contributed by atoms with Crippen LogP contribution in [-0.4, -0.2) is 26.8 Å². The number of halogens is 2. The molecule has 0 aromatic heterocycles. The van der Waals surface area contributed by atoms with E-state index in [0.717, 1.165) is 18.5 Å². The quantitative estimate of drug-likeness (QED) is 0.907. The Bertz CT molecular complexity index is 597. The van der Waals surface area contributed by atoms with Gasteiger partial charge in [-0.3, -0.25) is 0 Å². The van der Waals surface area contributed by atoms with Crippen molar-refractivity contribution in [3.63, 3.8) is 0 Å². The second-order valence-electron chi connectivity index (χ2n) is 6.09. The monoisotopic (exact) mass is 317 g/mol. The van der Waals surface area contributed by atoms with Crippen LogP contribution in [0.2, 0.25) is 0 Å². The van der Waals surface area contributed by atoms with E-state index in [2.05, 4.69) is 26.1 Å². The first-order chi connectivity index (χ1) is 9.71. The van der Waals surface area contributed by atoms with Crippen LogP contribution < -0.4 is 5.32 Å². The molecule has 0 saturated heterocycles. The first kappa shape index (κ1) is 16.4. The van der Waals surface area contributed by atoms with Gasteiger partial charge in [-0.25, -0.2) is 8.42 Å². The topological polar surface area (TPSA) is 46.2 Å². The number of nitrogens with one attached hydrogen (secondary N) is 1. The highest BCUT2D eigenvalue weighted by atomic mass is 32.2. The van der Waals surface area contributed by atoms with Crippen LogP contribution in [0.4, 0.5) is 8.78 Å². The average molecular weight is 317 g/mol. The molecule has 118 valence electrons. The Hall–Kier alpha value is -1.01. The lowest BCUT2D eigenvalue weighted by molar-refractivity contribution is 0.0706. The summed E-state index contributed by atoms with van der Waals surface area (Å²) in [4.78, 5) is -0.318. The Morgan fingerprint density at radius 1 is 1.29 bits per heavy atom.